The number of anilines is 2. The molecular formula is C22H22N4O4S. The second-order valence-corrected chi connectivity index (χ2v) is 8.03. The van der Waals surface area contributed by atoms with Gasteiger partial charge in [-0.3, -0.25) is 9.59 Å². The van der Waals surface area contributed by atoms with E-state index in [9.17, 15) is 9.59 Å². The summed E-state index contributed by atoms with van der Waals surface area (Å²) < 4.78 is 11.2. The number of aromatic nitrogens is 2. The summed E-state index contributed by atoms with van der Waals surface area (Å²) in [4.78, 5) is 25.8. The van der Waals surface area contributed by atoms with Crippen LogP contribution in [0.1, 0.15) is 24.3 Å². The molecule has 1 aliphatic rings. The van der Waals surface area contributed by atoms with Crippen molar-refractivity contribution in [3.8, 4) is 5.75 Å². The van der Waals surface area contributed by atoms with Crippen molar-refractivity contribution in [2.75, 3.05) is 22.5 Å². The number of thioether (sulfide) groups is 1. The van der Waals surface area contributed by atoms with Gasteiger partial charge in [-0.25, -0.2) is 0 Å². The molecule has 2 heterocycles. The van der Waals surface area contributed by atoms with E-state index in [4.69, 9.17) is 9.15 Å². The minimum Gasteiger partial charge on any atom is -0.484 e. The first-order valence-corrected chi connectivity index (χ1v) is 10.9. The molecular weight excluding hydrogens is 416 g/mol. The van der Waals surface area contributed by atoms with E-state index in [2.05, 4.69) is 15.5 Å². The van der Waals surface area contributed by atoms with Gasteiger partial charge in [0.1, 0.15) is 5.75 Å². The van der Waals surface area contributed by atoms with E-state index in [1.807, 2.05) is 43.3 Å². The highest BCUT2D eigenvalue weighted by Crippen LogP contribution is 2.23. The van der Waals surface area contributed by atoms with Gasteiger partial charge in [0.2, 0.25) is 11.8 Å². The Morgan fingerprint density at radius 3 is 2.81 bits per heavy atom. The molecule has 0 radical (unpaired) electrons. The lowest BCUT2D eigenvalue weighted by Gasteiger charge is -2.16. The Morgan fingerprint density at radius 2 is 2.06 bits per heavy atom. The van der Waals surface area contributed by atoms with E-state index in [1.54, 1.807) is 17.0 Å². The van der Waals surface area contributed by atoms with Crippen LogP contribution < -0.4 is 15.0 Å². The number of nitrogens with zero attached hydrogens (tertiary/aromatic N) is 3. The van der Waals surface area contributed by atoms with Crippen molar-refractivity contribution in [1.82, 2.24) is 10.2 Å². The maximum Gasteiger partial charge on any atom is 0.277 e. The van der Waals surface area contributed by atoms with Gasteiger partial charge >= 0.3 is 0 Å². The fourth-order valence-electron chi connectivity index (χ4n) is 3.18. The van der Waals surface area contributed by atoms with Crippen LogP contribution in [0.2, 0.25) is 0 Å². The molecule has 2 aromatic carbocycles. The third-order valence-corrected chi connectivity index (χ3v) is 5.48. The first-order chi connectivity index (χ1) is 15.1. The molecule has 0 unspecified atom stereocenters. The van der Waals surface area contributed by atoms with Crippen LogP contribution in [0.3, 0.4) is 0 Å². The van der Waals surface area contributed by atoms with Gasteiger partial charge in [-0.15, -0.1) is 10.2 Å². The molecule has 1 aromatic heterocycles. The maximum atomic E-state index is 12.2. The molecule has 1 aliphatic heterocycles. The monoisotopic (exact) mass is 438 g/mol. The molecule has 0 atom stereocenters. The largest absolute Gasteiger partial charge is 0.484 e. The Labute approximate surface area is 184 Å². The van der Waals surface area contributed by atoms with Crippen LogP contribution in [0.4, 0.5) is 11.4 Å². The molecule has 31 heavy (non-hydrogen) atoms. The van der Waals surface area contributed by atoms with Crippen LogP contribution >= 0.6 is 11.8 Å². The van der Waals surface area contributed by atoms with Crippen LogP contribution in [0, 0.1) is 6.92 Å². The number of hydrogen-bond acceptors (Lipinski definition) is 7. The molecule has 9 heteroatoms. The summed E-state index contributed by atoms with van der Waals surface area (Å²) in [6.45, 7) is 2.89. The van der Waals surface area contributed by atoms with Crippen molar-refractivity contribution < 1.29 is 18.7 Å². The second-order valence-electron chi connectivity index (χ2n) is 7.10. The number of carbonyl (C=O) groups is 2. The number of nitrogens with one attached hydrogen (secondary N) is 1. The Balaban J connectivity index is 1.23. The van der Waals surface area contributed by atoms with Crippen molar-refractivity contribution >= 4 is 35.0 Å². The van der Waals surface area contributed by atoms with Crippen molar-refractivity contribution in [2.45, 2.75) is 31.6 Å². The number of aryl methyl sites for hydroxylation is 1. The molecule has 3 aromatic rings. The Bertz CT molecular complexity index is 1070. The van der Waals surface area contributed by atoms with Gasteiger partial charge in [-0.2, -0.15) is 0 Å². The quantitative estimate of drug-likeness (QED) is 0.534. The van der Waals surface area contributed by atoms with Gasteiger partial charge < -0.3 is 19.4 Å². The van der Waals surface area contributed by atoms with Crippen LogP contribution in [0.5, 0.6) is 5.75 Å². The topological polar surface area (TPSA) is 97.6 Å². The summed E-state index contributed by atoms with van der Waals surface area (Å²) in [6.07, 6.45) is 1.47. The molecule has 0 aliphatic carbocycles. The van der Waals surface area contributed by atoms with E-state index in [1.165, 1.54) is 0 Å². The highest BCUT2D eigenvalue weighted by atomic mass is 32.2. The fraction of sp³-hybridized carbons (Fsp3) is 0.273. The predicted molar refractivity (Wildman–Crippen MR) is 117 cm³/mol. The molecule has 0 bridgehead atoms. The molecule has 8 nitrogen and oxygen atoms in total. The number of carbonyl (C=O) groups excluding carboxylic acids is 2. The first kappa shape index (κ1) is 20.9. The van der Waals surface area contributed by atoms with Gasteiger partial charge in [-0.05, 0) is 55.3 Å². The molecule has 160 valence electrons. The zero-order valence-corrected chi connectivity index (χ0v) is 17.9. The number of amides is 2. The van der Waals surface area contributed by atoms with E-state index in [-0.39, 0.29) is 24.2 Å². The van der Waals surface area contributed by atoms with Gasteiger partial charge in [0, 0.05) is 24.3 Å². The van der Waals surface area contributed by atoms with Gasteiger partial charge in [0.15, 0.2) is 6.61 Å². The average Bonchev–Trinajstić information content (AvgIpc) is 3.40. The minimum atomic E-state index is -0.189. The maximum absolute atomic E-state index is 12.2. The number of benzene rings is 2. The standard InChI is InChI=1S/C22H22N4O4S/c1-15-4-2-5-18(12-15)29-13-20-24-25-22(30-20)31-14-19(27)23-16-7-9-17(10-8-16)26-11-3-6-21(26)28/h2,4-5,7-10,12H,3,6,11,13-14H2,1H3,(H,23,27). The Hall–Kier alpha value is -3.33. The summed E-state index contributed by atoms with van der Waals surface area (Å²) in [5, 5.41) is 11.0. The summed E-state index contributed by atoms with van der Waals surface area (Å²) in [7, 11) is 0. The van der Waals surface area contributed by atoms with Gasteiger partial charge in [-0.1, -0.05) is 23.9 Å². The molecule has 1 N–H and O–H groups in total. The van der Waals surface area contributed by atoms with Crippen molar-refractivity contribution in [2.24, 2.45) is 0 Å². The molecule has 0 spiro atoms. The van der Waals surface area contributed by atoms with Crippen LogP contribution in [-0.2, 0) is 16.2 Å². The molecule has 1 fully saturated rings. The SMILES string of the molecule is Cc1cccc(OCc2nnc(SCC(=O)Nc3ccc(N4CCCC4=O)cc3)o2)c1. The Morgan fingerprint density at radius 1 is 1.23 bits per heavy atom. The molecule has 0 saturated carbocycles. The number of rotatable bonds is 8. The number of ether oxygens (including phenoxy) is 1. The third kappa shape index (κ3) is 5.64. The van der Waals surface area contributed by atoms with E-state index >= 15 is 0 Å². The van der Waals surface area contributed by atoms with Crippen molar-refractivity contribution in [3.05, 3.63) is 60.0 Å². The van der Waals surface area contributed by atoms with Crippen LogP contribution in [-0.4, -0.2) is 34.3 Å². The minimum absolute atomic E-state index is 0.132. The summed E-state index contributed by atoms with van der Waals surface area (Å²) in [6, 6.07) is 14.9. The average molecular weight is 439 g/mol. The number of hydrogen-bond donors (Lipinski definition) is 1. The normalized spacial score (nSPS) is 13.5. The van der Waals surface area contributed by atoms with Crippen molar-refractivity contribution in [1.29, 1.82) is 0 Å². The second kappa shape index (κ2) is 9.65. The van der Waals surface area contributed by atoms with Gasteiger partial charge in [0.05, 0.1) is 5.75 Å². The molecule has 1 saturated heterocycles. The molecule has 2 amide bonds. The third-order valence-electron chi connectivity index (χ3n) is 4.66. The van der Waals surface area contributed by atoms with Crippen LogP contribution in [0.25, 0.3) is 0 Å². The zero-order chi connectivity index (χ0) is 21.6. The van der Waals surface area contributed by atoms with Crippen molar-refractivity contribution in [3.63, 3.8) is 0 Å². The highest BCUT2D eigenvalue weighted by molar-refractivity contribution is 7.99. The highest BCUT2D eigenvalue weighted by Gasteiger charge is 2.21. The fourth-order valence-corrected chi connectivity index (χ4v) is 3.76. The zero-order valence-electron chi connectivity index (χ0n) is 17.0. The predicted octanol–water partition coefficient (Wildman–Crippen LogP) is 3.81. The first-order valence-electron chi connectivity index (χ1n) is 9.92. The lowest BCUT2D eigenvalue weighted by atomic mass is 10.2. The summed E-state index contributed by atoms with van der Waals surface area (Å²) in [5.41, 5.74) is 2.62. The lowest BCUT2D eigenvalue weighted by Crippen LogP contribution is -2.23. The smallest absolute Gasteiger partial charge is 0.277 e. The lowest BCUT2D eigenvalue weighted by molar-refractivity contribution is -0.117. The Kier molecular flexibility index (Phi) is 6.51. The molecule has 4 rings (SSSR count). The summed E-state index contributed by atoms with van der Waals surface area (Å²) in [5.74, 6) is 1.15. The summed E-state index contributed by atoms with van der Waals surface area (Å²) >= 11 is 1.16. The van der Waals surface area contributed by atoms with E-state index in [0.717, 1.165) is 41.7 Å². The van der Waals surface area contributed by atoms with Gasteiger partial charge in [0.25, 0.3) is 11.1 Å². The van der Waals surface area contributed by atoms with E-state index < -0.39 is 0 Å². The van der Waals surface area contributed by atoms with Crippen LogP contribution in [0.15, 0.2) is 58.2 Å². The van der Waals surface area contributed by atoms with E-state index in [0.29, 0.717) is 23.2 Å².